The van der Waals surface area contributed by atoms with Crippen LogP contribution in [-0.2, 0) is 0 Å². The fourth-order valence-corrected chi connectivity index (χ4v) is 2.64. The molecule has 0 spiro atoms. The van der Waals surface area contributed by atoms with E-state index in [0.29, 0.717) is 34.9 Å². The lowest BCUT2D eigenvalue weighted by Gasteiger charge is -2.11. The van der Waals surface area contributed by atoms with Gasteiger partial charge >= 0.3 is 0 Å². The Labute approximate surface area is 156 Å². The first-order valence-electron chi connectivity index (χ1n) is 8.31. The molecule has 0 bridgehead atoms. The summed E-state index contributed by atoms with van der Waals surface area (Å²) in [4.78, 5) is 15.5. The van der Waals surface area contributed by atoms with Crippen LogP contribution in [0.4, 0.5) is 4.39 Å². The molecule has 0 saturated carbocycles. The fraction of sp³-hybridized carbons (Fsp3) is 0.0952. The highest BCUT2D eigenvalue weighted by atomic mass is 19.1. The molecular weight excluding hydrogens is 345 g/mol. The first-order valence-corrected chi connectivity index (χ1v) is 8.31. The topological polar surface area (TPSA) is 75.1 Å². The van der Waals surface area contributed by atoms with Gasteiger partial charge in [0.1, 0.15) is 17.3 Å². The van der Waals surface area contributed by atoms with Gasteiger partial charge in [0.05, 0.1) is 11.9 Å². The van der Waals surface area contributed by atoms with Crippen LogP contribution >= 0.6 is 0 Å². The Bertz CT molecular complexity index is 971. The second-order valence-electron chi connectivity index (χ2n) is 5.89. The van der Waals surface area contributed by atoms with Crippen molar-refractivity contribution < 1.29 is 13.9 Å². The first-order chi connectivity index (χ1) is 13.1. The molecule has 0 amide bonds. The zero-order chi connectivity index (χ0) is 19.2. The van der Waals surface area contributed by atoms with Crippen LogP contribution in [0.2, 0.25) is 0 Å². The van der Waals surface area contributed by atoms with Crippen molar-refractivity contribution in [3.63, 3.8) is 0 Å². The minimum atomic E-state index is -0.332. The molecule has 136 valence electrons. The second-order valence-corrected chi connectivity index (χ2v) is 5.89. The molecule has 27 heavy (non-hydrogen) atoms. The molecule has 0 aliphatic rings. The van der Waals surface area contributed by atoms with Crippen molar-refractivity contribution in [2.75, 3.05) is 13.6 Å². The number of pyridine rings is 1. The van der Waals surface area contributed by atoms with Gasteiger partial charge in [-0.2, -0.15) is 0 Å². The summed E-state index contributed by atoms with van der Waals surface area (Å²) in [6, 6.07) is 12.8. The highest BCUT2D eigenvalue weighted by Crippen LogP contribution is 2.27. The molecule has 0 aliphatic heterocycles. The Morgan fingerprint density at radius 2 is 1.89 bits per heavy atom. The van der Waals surface area contributed by atoms with Crippen molar-refractivity contribution in [3.8, 4) is 22.6 Å². The van der Waals surface area contributed by atoms with Crippen molar-refractivity contribution in [1.82, 2.24) is 10.3 Å². The van der Waals surface area contributed by atoms with E-state index in [4.69, 9.17) is 10.1 Å². The molecule has 0 aliphatic carbocycles. The number of aromatic nitrogens is 1. The number of ether oxygens (including phenoxy) is 1. The number of nitrogens with one attached hydrogen (secondary N) is 2. The predicted molar refractivity (Wildman–Crippen MR) is 102 cm³/mol. The van der Waals surface area contributed by atoms with E-state index in [1.165, 1.54) is 24.3 Å². The monoisotopic (exact) mass is 363 g/mol. The molecule has 2 aromatic carbocycles. The number of nitrogens with zero attached hydrogens (tertiary/aromatic N) is 1. The van der Waals surface area contributed by atoms with Crippen molar-refractivity contribution in [2.45, 2.75) is 0 Å². The Morgan fingerprint density at radius 3 is 2.59 bits per heavy atom. The van der Waals surface area contributed by atoms with Gasteiger partial charge in [-0.1, -0.05) is 12.1 Å². The highest BCUT2D eigenvalue weighted by molar-refractivity contribution is 6.06. The minimum absolute atomic E-state index is 0.327. The van der Waals surface area contributed by atoms with E-state index in [1.807, 2.05) is 0 Å². The molecule has 2 N–H and O–H groups in total. The van der Waals surface area contributed by atoms with Crippen LogP contribution in [0.15, 0.2) is 60.9 Å². The third-order valence-corrected chi connectivity index (χ3v) is 3.95. The van der Waals surface area contributed by atoms with Crippen LogP contribution in [-0.4, -0.2) is 30.6 Å². The number of hydrogen-bond donors (Lipinski definition) is 2. The Morgan fingerprint density at radius 1 is 1.11 bits per heavy atom. The van der Waals surface area contributed by atoms with Crippen molar-refractivity contribution in [2.24, 2.45) is 0 Å². The smallest absolute Gasteiger partial charge is 0.150 e. The third-order valence-electron chi connectivity index (χ3n) is 3.95. The molecule has 0 saturated heterocycles. The van der Waals surface area contributed by atoms with E-state index >= 15 is 0 Å². The Kier molecular flexibility index (Phi) is 5.68. The number of aldehydes is 1. The van der Waals surface area contributed by atoms with E-state index < -0.39 is 0 Å². The second kappa shape index (κ2) is 8.33. The number of halogens is 1. The van der Waals surface area contributed by atoms with Gasteiger partial charge in [-0.05, 0) is 49.0 Å². The van der Waals surface area contributed by atoms with Crippen molar-refractivity contribution in [3.05, 3.63) is 77.9 Å². The van der Waals surface area contributed by atoms with E-state index in [1.54, 1.807) is 43.7 Å². The van der Waals surface area contributed by atoms with E-state index in [-0.39, 0.29) is 5.82 Å². The molecule has 6 heteroatoms. The summed E-state index contributed by atoms with van der Waals surface area (Å²) in [7, 11) is 1.75. The van der Waals surface area contributed by atoms with E-state index in [2.05, 4.69) is 10.3 Å². The summed E-state index contributed by atoms with van der Waals surface area (Å²) in [5, 5.41) is 11.1. The van der Waals surface area contributed by atoms with Crippen LogP contribution in [0.3, 0.4) is 0 Å². The fourth-order valence-electron chi connectivity index (χ4n) is 2.64. The maximum absolute atomic E-state index is 13.0. The Hall–Kier alpha value is -3.38. The largest absolute Gasteiger partial charge is 0.456 e. The summed E-state index contributed by atoms with van der Waals surface area (Å²) < 4.78 is 18.7. The number of likely N-dealkylation sites (N-methyl/N-ethyl adjacent to an activating group) is 1. The summed E-state index contributed by atoms with van der Waals surface area (Å²) in [6.45, 7) is 0.357. The number of carbonyl (C=O) groups excluding carboxylic acids is 1. The van der Waals surface area contributed by atoms with Gasteiger partial charge < -0.3 is 15.5 Å². The first kappa shape index (κ1) is 18.4. The van der Waals surface area contributed by atoms with E-state index in [9.17, 15) is 9.18 Å². The van der Waals surface area contributed by atoms with Crippen LogP contribution in [0.1, 0.15) is 15.9 Å². The minimum Gasteiger partial charge on any atom is -0.456 e. The van der Waals surface area contributed by atoms with Gasteiger partial charge in [0.25, 0.3) is 0 Å². The van der Waals surface area contributed by atoms with Crippen molar-refractivity contribution >= 4 is 12.0 Å². The van der Waals surface area contributed by atoms with E-state index in [0.717, 1.165) is 17.4 Å². The van der Waals surface area contributed by atoms with Gasteiger partial charge in [0.15, 0.2) is 6.29 Å². The SMILES string of the molecule is CNCC(=N)c1cc(-c2cncc(Oc3ccc(F)cc3)c2)ccc1C=O. The maximum Gasteiger partial charge on any atom is 0.150 e. The lowest BCUT2D eigenvalue weighted by Crippen LogP contribution is -2.19. The van der Waals surface area contributed by atoms with Gasteiger partial charge in [0.2, 0.25) is 0 Å². The zero-order valence-electron chi connectivity index (χ0n) is 14.7. The molecule has 0 fully saturated rings. The van der Waals surface area contributed by atoms with Gasteiger partial charge in [-0.25, -0.2) is 4.39 Å². The van der Waals surface area contributed by atoms with Crippen LogP contribution in [0.5, 0.6) is 11.5 Å². The molecule has 0 radical (unpaired) electrons. The third kappa shape index (κ3) is 4.43. The molecular formula is C21H18FN3O2. The number of carbonyl (C=O) groups is 1. The predicted octanol–water partition coefficient (Wildman–Crippen LogP) is 4.08. The lowest BCUT2D eigenvalue weighted by molar-refractivity contribution is 0.112. The summed E-state index contributed by atoms with van der Waals surface area (Å²) in [5.74, 6) is 0.676. The van der Waals surface area contributed by atoms with Crippen LogP contribution in [0, 0.1) is 11.2 Å². The van der Waals surface area contributed by atoms with Crippen molar-refractivity contribution in [1.29, 1.82) is 5.41 Å². The zero-order valence-corrected chi connectivity index (χ0v) is 14.7. The van der Waals surface area contributed by atoms with Crippen LogP contribution < -0.4 is 10.1 Å². The number of benzene rings is 2. The molecule has 3 rings (SSSR count). The average molecular weight is 363 g/mol. The molecule has 5 nitrogen and oxygen atoms in total. The standard InChI is InChI=1S/C21H18FN3O2/c1-24-12-21(23)20-9-14(2-3-15(20)13-26)16-8-19(11-25-10-16)27-18-6-4-17(22)5-7-18/h2-11,13,23-24H,12H2,1H3. The maximum atomic E-state index is 13.0. The van der Waals surface area contributed by atoms with Crippen LogP contribution in [0.25, 0.3) is 11.1 Å². The summed E-state index contributed by atoms with van der Waals surface area (Å²) in [6.07, 6.45) is 3.99. The molecule has 3 aromatic rings. The molecule has 1 heterocycles. The Balaban J connectivity index is 1.92. The average Bonchev–Trinajstić information content (AvgIpc) is 2.69. The van der Waals surface area contributed by atoms with Gasteiger partial charge in [-0.15, -0.1) is 0 Å². The molecule has 0 atom stereocenters. The number of rotatable bonds is 7. The highest BCUT2D eigenvalue weighted by Gasteiger charge is 2.10. The normalized spacial score (nSPS) is 10.4. The quantitative estimate of drug-likeness (QED) is 0.490. The van der Waals surface area contributed by atoms with Gasteiger partial charge in [0, 0.05) is 29.4 Å². The lowest BCUT2D eigenvalue weighted by atomic mass is 9.97. The summed E-state index contributed by atoms with van der Waals surface area (Å²) in [5.41, 5.74) is 2.96. The molecule has 1 aromatic heterocycles. The van der Waals surface area contributed by atoms with Gasteiger partial charge in [-0.3, -0.25) is 9.78 Å². The molecule has 0 unspecified atom stereocenters. The number of hydrogen-bond acceptors (Lipinski definition) is 5. The summed E-state index contributed by atoms with van der Waals surface area (Å²) >= 11 is 0.